The van der Waals surface area contributed by atoms with Gasteiger partial charge in [0.05, 0.1) is 21.9 Å². The minimum Gasteiger partial charge on any atom is -0.396 e. The SMILES string of the molecule is C=Cc1ccc2c(Cl)cc(-c3ccc(F)c(N)c3)nc2c1. The van der Waals surface area contributed by atoms with Gasteiger partial charge in [0.15, 0.2) is 0 Å². The van der Waals surface area contributed by atoms with Crippen molar-refractivity contribution in [3.8, 4) is 11.3 Å². The average molecular weight is 299 g/mol. The Kier molecular flexibility index (Phi) is 3.35. The Hall–Kier alpha value is -2.39. The molecule has 0 saturated carbocycles. The number of nitrogens with two attached hydrogens (primary N) is 1. The molecular formula is C17H12ClFN2. The first-order chi connectivity index (χ1) is 10.1. The zero-order chi connectivity index (χ0) is 15.0. The van der Waals surface area contributed by atoms with E-state index < -0.39 is 5.82 Å². The molecule has 2 nitrogen and oxygen atoms in total. The Morgan fingerprint density at radius 1 is 1.14 bits per heavy atom. The zero-order valence-electron chi connectivity index (χ0n) is 11.1. The number of nitrogens with zero attached hydrogens (tertiary/aromatic N) is 1. The van der Waals surface area contributed by atoms with Crippen molar-refractivity contribution >= 4 is 34.3 Å². The number of pyridine rings is 1. The Morgan fingerprint density at radius 2 is 1.95 bits per heavy atom. The van der Waals surface area contributed by atoms with Gasteiger partial charge in [-0.1, -0.05) is 36.4 Å². The van der Waals surface area contributed by atoms with Gasteiger partial charge in [0.2, 0.25) is 0 Å². The largest absolute Gasteiger partial charge is 0.396 e. The highest BCUT2D eigenvalue weighted by Gasteiger charge is 2.08. The normalized spacial score (nSPS) is 10.8. The number of hydrogen-bond acceptors (Lipinski definition) is 2. The number of rotatable bonds is 2. The third-order valence-corrected chi connectivity index (χ3v) is 3.62. The molecule has 0 bridgehead atoms. The van der Waals surface area contributed by atoms with Crippen LogP contribution < -0.4 is 5.73 Å². The van der Waals surface area contributed by atoms with Crippen LogP contribution in [-0.4, -0.2) is 4.98 Å². The molecule has 0 saturated heterocycles. The molecule has 104 valence electrons. The standard InChI is InChI=1S/C17H12ClFN2/c1-2-10-3-5-12-13(18)9-16(21-17(12)7-10)11-4-6-14(19)15(20)8-11/h2-9H,1,20H2. The number of aromatic nitrogens is 1. The molecule has 0 amide bonds. The molecule has 0 atom stereocenters. The van der Waals surface area contributed by atoms with E-state index in [9.17, 15) is 4.39 Å². The van der Waals surface area contributed by atoms with Gasteiger partial charge >= 0.3 is 0 Å². The zero-order valence-corrected chi connectivity index (χ0v) is 11.9. The Morgan fingerprint density at radius 3 is 2.67 bits per heavy atom. The predicted molar refractivity (Wildman–Crippen MR) is 86.7 cm³/mol. The number of anilines is 1. The lowest BCUT2D eigenvalue weighted by molar-refractivity contribution is 0.632. The summed E-state index contributed by atoms with van der Waals surface area (Å²) in [6.45, 7) is 3.74. The smallest absolute Gasteiger partial charge is 0.146 e. The molecule has 4 heteroatoms. The second-order valence-corrected chi connectivity index (χ2v) is 5.11. The minimum absolute atomic E-state index is 0.0883. The van der Waals surface area contributed by atoms with E-state index in [0.717, 1.165) is 22.0 Å². The van der Waals surface area contributed by atoms with Crippen LogP contribution in [0.15, 0.2) is 49.0 Å². The fraction of sp³-hybridized carbons (Fsp3) is 0. The summed E-state index contributed by atoms with van der Waals surface area (Å²) in [7, 11) is 0. The van der Waals surface area contributed by atoms with Gasteiger partial charge in [-0.25, -0.2) is 9.37 Å². The van der Waals surface area contributed by atoms with Crippen molar-refractivity contribution in [2.75, 3.05) is 5.73 Å². The number of fused-ring (bicyclic) bond motifs is 1. The van der Waals surface area contributed by atoms with Gasteiger partial charge in [-0.2, -0.15) is 0 Å². The fourth-order valence-corrected chi connectivity index (χ4v) is 2.44. The van der Waals surface area contributed by atoms with Crippen LogP contribution in [0.1, 0.15) is 5.56 Å². The Balaban J connectivity index is 2.22. The summed E-state index contributed by atoms with van der Waals surface area (Å²) >= 11 is 6.31. The molecule has 0 radical (unpaired) electrons. The molecule has 1 aromatic heterocycles. The highest BCUT2D eigenvalue weighted by molar-refractivity contribution is 6.35. The lowest BCUT2D eigenvalue weighted by Gasteiger charge is -2.07. The predicted octanol–water partition coefficient (Wildman–Crippen LogP) is 4.92. The summed E-state index contributed by atoms with van der Waals surface area (Å²) in [5, 5.41) is 1.45. The highest BCUT2D eigenvalue weighted by atomic mass is 35.5. The summed E-state index contributed by atoms with van der Waals surface area (Å²) in [4.78, 5) is 4.58. The lowest BCUT2D eigenvalue weighted by Crippen LogP contribution is -1.93. The maximum atomic E-state index is 13.3. The summed E-state index contributed by atoms with van der Waals surface area (Å²) in [5.41, 5.74) is 8.79. The van der Waals surface area contributed by atoms with E-state index in [1.165, 1.54) is 6.07 Å². The van der Waals surface area contributed by atoms with E-state index in [1.54, 1.807) is 24.3 Å². The molecule has 1 heterocycles. The summed E-state index contributed by atoms with van der Waals surface area (Å²) < 4.78 is 13.3. The molecule has 0 aliphatic carbocycles. The van der Waals surface area contributed by atoms with Crippen molar-refractivity contribution in [3.63, 3.8) is 0 Å². The molecule has 3 aromatic rings. The van der Waals surface area contributed by atoms with Gasteiger partial charge in [-0.05, 0) is 35.9 Å². The van der Waals surface area contributed by atoms with Crippen molar-refractivity contribution in [1.82, 2.24) is 4.98 Å². The van der Waals surface area contributed by atoms with Gasteiger partial charge in [-0.3, -0.25) is 0 Å². The molecule has 0 aliphatic rings. The third kappa shape index (κ3) is 2.48. The van der Waals surface area contributed by atoms with Gasteiger partial charge < -0.3 is 5.73 Å². The maximum Gasteiger partial charge on any atom is 0.146 e. The first-order valence-corrected chi connectivity index (χ1v) is 6.74. The van der Waals surface area contributed by atoms with Gasteiger partial charge in [0.25, 0.3) is 0 Å². The second kappa shape index (κ2) is 5.19. The van der Waals surface area contributed by atoms with Crippen LogP contribution in [0.3, 0.4) is 0 Å². The minimum atomic E-state index is -0.445. The first kappa shape index (κ1) is 13.6. The molecule has 0 spiro atoms. The monoisotopic (exact) mass is 298 g/mol. The second-order valence-electron chi connectivity index (χ2n) is 4.71. The molecule has 2 aromatic carbocycles. The van der Waals surface area contributed by atoms with Crippen LogP contribution in [0, 0.1) is 5.82 Å². The summed E-state index contributed by atoms with van der Waals surface area (Å²) in [5.74, 6) is -0.445. The molecular weight excluding hydrogens is 287 g/mol. The van der Waals surface area contributed by atoms with E-state index in [4.69, 9.17) is 17.3 Å². The van der Waals surface area contributed by atoms with Crippen molar-refractivity contribution in [2.24, 2.45) is 0 Å². The molecule has 0 aliphatic heterocycles. The van der Waals surface area contributed by atoms with E-state index in [2.05, 4.69) is 11.6 Å². The number of hydrogen-bond donors (Lipinski definition) is 1. The van der Waals surface area contributed by atoms with Crippen molar-refractivity contribution in [2.45, 2.75) is 0 Å². The van der Waals surface area contributed by atoms with Crippen LogP contribution in [0.2, 0.25) is 5.02 Å². The Labute approximate surface area is 126 Å². The third-order valence-electron chi connectivity index (χ3n) is 3.31. The summed E-state index contributed by atoms with van der Waals surface area (Å²) in [6.07, 6.45) is 1.75. The number of benzene rings is 2. The Bertz CT molecular complexity index is 859. The highest BCUT2D eigenvalue weighted by Crippen LogP contribution is 2.30. The summed E-state index contributed by atoms with van der Waals surface area (Å²) in [6, 6.07) is 12.0. The van der Waals surface area contributed by atoms with Crippen LogP contribution in [0.5, 0.6) is 0 Å². The maximum absolute atomic E-state index is 13.3. The van der Waals surface area contributed by atoms with Crippen LogP contribution in [0.25, 0.3) is 28.2 Å². The van der Waals surface area contributed by atoms with E-state index in [-0.39, 0.29) is 5.69 Å². The molecule has 0 fully saturated rings. The van der Waals surface area contributed by atoms with Crippen LogP contribution >= 0.6 is 11.6 Å². The number of nitrogen functional groups attached to an aromatic ring is 1. The van der Waals surface area contributed by atoms with E-state index in [0.29, 0.717) is 10.7 Å². The molecule has 2 N–H and O–H groups in total. The topological polar surface area (TPSA) is 38.9 Å². The average Bonchev–Trinajstić information content (AvgIpc) is 2.49. The first-order valence-electron chi connectivity index (χ1n) is 6.36. The molecule has 21 heavy (non-hydrogen) atoms. The van der Waals surface area contributed by atoms with Crippen molar-refractivity contribution in [1.29, 1.82) is 0 Å². The van der Waals surface area contributed by atoms with E-state index >= 15 is 0 Å². The van der Waals surface area contributed by atoms with Crippen molar-refractivity contribution in [3.05, 3.63) is 65.4 Å². The fourth-order valence-electron chi connectivity index (χ4n) is 2.18. The number of halogens is 2. The molecule has 0 unspecified atom stereocenters. The van der Waals surface area contributed by atoms with Gasteiger partial charge in [0, 0.05) is 10.9 Å². The van der Waals surface area contributed by atoms with Crippen LogP contribution in [-0.2, 0) is 0 Å². The molecule has 3 rings (SSSR count). The van der Waals surface area contributed by atoms with Gasteiger partial charge in [-0.15, -0.1) is 0 Å². The lowest BCUT2D eigenvalue weighted by atomic mass is 10.1. The van der Waals surface area contributed by atoms with Gasteiger partial charge in [0.1, 0.15) is 5.82 Å². The van der Waals surface area contributed by atoms with Crippen LogP contribution in [0.4, 0.5) is 10.1 Å². The van der Waals surface area contributed by atoms with E-state index in [1.807, 2.05) is 18.2 Å². The van der Waals surface area contributed by atoms with Crippen molar-refractivity contribution < 1.29 is 4.39 Å². The quantitative estimate of drug-likeness (QED) is 0.682.